The number of nitrogens with zero attached hydrogens (tertiary/aromatic N) is 5. The van der Waals surface area contributed by atoms with Gasteiger partial charge < -0.3 is 14.0 Å². The van der Waals surface area contributed by atoms with E-state index < -0.39 is 6.61 Å². The maximum Gasteiger partial charge on any atom is 0.387 e. The van der Waals surface area contributed by atoms with E-state index in [0.717, 1.165) is 0 Å². The summed E-state index contributed by atoms with van der Waals surface area (Å²) in [5.41, 5.74) is 3.30. The first-order chi connectivity index (χ1) is 12.9. The highest BCUT2D eigenvalue weighted by Crippen LogP contribution is 2.34. The molecule has 140 valence electrons. The molecule has 4 rings (SSSR count). The van der Waals surface area contributed by atoms with Gasteiger partial charge in [-0.1, -0.05) is 5.16 Å². The van der Waals surface area contributed by atoms with Crippen LogP contribution in [0.1, 0.15) is 17.1 Å². The molecule has 0 spiro atoms. The fourth-order valence-electron chi connectivity index (χ4n) is 3.10. The van der Waals surface area contributed by atoms with Gasteiger partial charge in [0.1, 0.15) is 11.5 Å². The summed E-state index contributed by atoms with van der Waals surface area (Å²) in [6.45, 7) is 2.39. The summed E-state index contributed by atoms with van der Waals surface area (Å²) in [4.78, 5) is 4.58. The van der Waals surface area contributed by atoms with Gasteiger partial charge in [-0.05, 0) is 20.8 Å². The number of benzene rings is 1. The first kappa shape index (κ1) is 17.1. The Morgan fingerprint density at radius 3 is 2.52 bits per heavy atom. The molecular formula is C17H15F2N5O3. The molecule has 0 N–H and O–H groups in total. The van der Waals surface area contributed by atoms with Crippen LogP contribution in [0.5, 0.6) is 11.5 Å². The quantitative estimate of drug-likeness (QED) is 0.540. The summed E-state index contributed by atoms with van der Waals surface area (Å²) in [5.74, 6) is 1.31. The van der Waals surface area contributed by atoms with Crippen LogP contribution in [0.3, 0.4) is 0 Å². The van der Waals surface area contributed by atoms with Crippen molar-refractivity contribution in [3.63, 3.8) is 0 Å². The number of rotatable bonds is 4. The number of methoxy groups -OCH3 is 1. The Morgan fingerprint density at radius 1 is 1.11 bits per heavy atom. The van der Waals surface area contributed by atoms with E-state index in [4.69, 9.17) is 9.26 Å². The Bertz CT molecular complexity index is 1150. The highest BCUT2D eigenvalue weighted by Gasteiger charge is 2.22. The van der Waals surface area contributed by atoms with Crippen molar-refractivity contribution < 1.29 is 22.8 Å². The van der Waals surface area contributed by atoms with E-state index in [9.17, 15) is 8.78 Å². The molecule has 0 atom stereocenters. The minimum Gasteiger partial charge on any atom is -0.494 e. The second kappa shape index (κ2) is 6.15. The van der Waals surface area contributed by atoms with E-state index >= 15 is 0 Å². The van der Waals surface area contributed by atoms with E-state index in [-0.39, 0.29) is 11.5 Å². The maximum atomic E-state index is 12.8. The molecule has 0 aliphatic heterocycles. The van der Waals surface area contributed by atoms with Crippen LogP contribution in [0.4, 0.5) is 8.78 Å². The van der Waals surface area contributed by atoms with E-state index in [1.807, 2.05) is 0 Å². The van der Waals surface area contributed by atoms with Crippen molar-refractivity contribution in [1.29, 1.82) is 0 Å². The third kappa shape index (κ3) is 2.64. The van der Waals surface area contributed by atoms with Crippen LogP contribution >= 0.6 is 0 Å². The van der Waals surface area contributed by atoms with Crippen molar-refractivity contribution in [2.24, 2.45) is 0 Å². The molecule has 0 bridgehead atoms. The molecule has 0 saturated heterocycles. The van der Waals surface area contributed by atoms with Gasteiger partial charge in [0.25, 0.3) is 0 Å². The van der Waals surface area contributed by atoms with Crippen LogP contribution in [-0.2, 0) is 0 Å². The minimum absolute atomic E-state index is 0.0558. The number of imidazole rings is 1. The van der Waals surface area contributed by atoms with Gasteiger partial charge in [0.2, 0.25) is 0 Å². The summed E-state index contributed by atoms with van der Waals surface area (Å²) in [6, 6.07) is 2.79. The molecule has 10 heteroatoms. The van der Waals surface area contributed by atoms with Gasteiger partial charge in [0.05, 0.1) is 29.6 Å². The van der Waals surface area contributed by atoms with Crippen molar-refractivity contribution in [1.82, 2.24) is 24.7 Å². The molecule has 0 saturated carbocycles. The number of fused-ring (bicyclic) bond motifs is 3. The first-order valence-corrected chi connectivity index (χ1v) is 8.02. The number of aromatic nitrogens is 5. The molecule has 0 aliphatic rings. The second-order valence-corrected chi connectivity index (χ2v) is 5.95. The SMILES string of the molecule is COc1cc(OC(F)F)cc2c1nnc1c(C)nc(-c3c(C)noc3C)n12. The maximum absolute atomic E-state index is 12.8. The summed E-state index contributed by atoms with van der Waals surface area (Å²) in [5, 5.41) is 12.4. The third-order valence-corrected chi connectivity index (χ3v) is 4.24. The van der Waals surface area contributed by atoms with Gasteiger partial charge >= 0.3 is 6.61 Å². The standard InChI is InChI=1S/C17H15F2N5O3/c1-7-13(9(3)27-23-7)16-20-8(2)15-22-21-14-11(24(15)16)5-10(26-17(18)19)6-12(14)25-4/h5-6,17H,1-4H3. The number of ether oxygens (including phenoxy) is 2. The first-order valence-electron chi connectivity index (χ1n) is 8.02. The van der Waals surface area contributed by atoms with E-state index in [0.29, 0.717) is 45.2 Å². The fourth-order valence-corrected chi connectivity index (χ4v) is 3.10. The molecule has 0 unspecified atom stereocenters. The van der Waals surface area contributed by atoms with Gasteiger partial charge in [-0.25, -0.2) is 4.98 Å². The molecule has 0 amide bonds. The molecule has 1 aromatic carbocycles. The monoisotopic (exact) mass is 375 g/mol. The molecule has 8 nitrogen and oxygen atoms in total. The normalized spacial score (nSPS) is 11.7. The summed E-state index contributed by atoms with van der Waals surface area (Å²) in [7, 11) is 1.42. The lowest BCUT2D eigenvalue weighted by atomic mass is 10.2. The molecule has 3 heterocycles. The lowest BCUT2D eigenvalue weighted by molar-refractivity contribution is -0.0498. The van der Waals surface area contributed by atoms with Gasteiger partial charge in [-0.2, -0.15) is 8.78 Å². The molecule has 0 aliphatic carbocycles. The van der Waals surface area contributed by atoms with Crippen molar-refractivity contribution in [2.45, 2.75) is 27.4 Å². The van der Waals surface area contributed by atoms with Crippen LogP contribution in [0.25, 0.3) is 28.1 Å². The zero-order chi connectivity index (χ0) is 19.3. The number of alkyl halides is 2. The zero-order valence-corrected chi connectivity index (χ0v) is 14.9. The average Bonchev–Trinajstić information content (AvgIpc) is 3.12. The Kier molecular flexibility index (Phi) is 3.90. The zero-order valence-electron chi connectivity index (χ0n) is 14.9. The summed E-state index contributed by atoms with van der Waals surface area (Å²) < 4.78 is 42.3. The van der Waals surface area contributed by atoms with Gasteiger partial charge in [0, 0.05) is 12.1 Å². The molecule has 0 fully saturated rings. The largest absolute Gasteiger partial charge is 0.494 e. The van der Waals surface area contributed by atoms with Crippen molar-refractivity contribution in [3.8, 4) is 22.9 Å². The summed E-state index contributed by atoms with van der Waals surface area (Å²) >= 11 is 0. The Balaban J connectivity index is 2.13. The highest BCUT2D eigenvalue weighted by molar-refractivity contribution is 5.87. The Morgan fingerprint density at radius 2 is 1.89 bits per heavy atom. The number of hydrogen-bond acceptors (Lipinski definition) is 7. The highest BCUT2D eigenvalue weighted by atomic mass is 19.3. The minimum atomic E-state index is -2.97. The van der Waals surface area contributed by atoms with E-state index in [2.05, 4.69) is 25.1 Å². The van der Waals surface area contributed by atoms with Crippen LogP contribution in [0, 0.1) is 20.8 Å². The summed E-state index contributed by atoms with van der Waals surface area (Å²) in [6.07, 6.45) is 0. The predicted molar refractivity (Wildman–Crippen MR) is 91.2 cm³/mol. The third-order valence-electron chi connectivity index (χ3n) is 4.24. The fraction of sp³-hybridized carbons (Fsp3) is 0.294. The van der Waals surface area contributed by atoms with Crippen LogP contribution in [0.2, 0.25) is 0 Å². The second-order valence-electron chi connectivity index (χ2n) is 5.95. The Hall–Kier alpha value is -3.30. The van der Waals surface area contributed by atoms with Crippen LogP contribution < -0.4 is 9.47 Å². The number of aryl methyl sites for hydroxylation is 3. The lowest BCUT2D eigenvalue weighted by Gasteiger charge is -2.11. The topological polar surface area (TPSA) is 87.6 Å². The van der Waals surface area contributed by atoms with Crippen LogP contribution in [-0.4, -0.2) is 38.5 Å². The molecule has 27 heavy (non-hydrogen) atoms. The van der Waals surface area contributed by atoms with Crippen molar-refractivity contribution >= 4 is 16.7 Å². The van der Waals surface area contributed by atoms with Gasteiger partial charge in [-0.15, -0.1) is 10.2 Å². The molecule has 3 aromatic heterocycles. The van der Waals surface area contributed by atoms with Gasteiger partial charge in [0.15, 0.2) is 22.7 Å². The predicted octanol–water partition coefficient (Wildman–Crippen LogP) is 3.47. The van der Waals surface area contributed by atoms with Crippen LogP contribution in [0.15, 0.2) is 16.7 Å². The van der Waals surface area contributed by atoms with Gasteiger partial charge in [-0.3, -0.25) is 4.40 Å². The smallest absolute Gasteiger partial charge is 0.387 e. The Labute approximate surface area is 151 Å². The molecular weight excluding hydrogens is 360 g/mol. The number of hydrogen-bond donors (Lipinski definition) is 0. The lowest BCUT2D eigenvalue weighted by Crippen LogP contribution is -2.04. The molecule has 0 radical (unpaired) electrons. The molecule has 4 aromatic rings. The average molecular weight is 375 g/mol. The van der Waals surface area contributed by atoms with E-state index in [1.54, 1.807) is 25.2 Å². The number of halogens is 2. The van der Waals surface area contributed by atoms with Crippen molar-refractivity contribution in [3.05, 3.63) is 29.3 Å². The van der Waals surface area contributed by atoms with Crippen molar-refractivity contribution in [2.75, 3.05) is 7.11 Å². The van der Waals surface area contributed by atoms with E-state index in [1.165, 1.54) is 19.2 Å².